The highest BCUT2D eigenvalue weighted by Crippen LogP contribution is 2.25. The van der Waals surface area contributed by atoms with Gasteiger partial charge in [-0.1, -0.05) is 53.5 Å². The molecule has 0 saturated carbocycles. The molecule has 0 radical (unpaired) electrons. The number of anilines is 1. The first kappa shape index (κ1) is 26.1. The Morgan fingerprint density at radius 1 is 0.889 bits per heavy atom. The highest BCUT2D eigenvalue weighted by Gasteiger charge is 2.38. The number of carbonyl (C=O) groups is 3. The lowest BCUT2D eigenvalue weighted by Gasteiger charge is -2.42. The van der Waals surface area contributed by atoms with Gasteiger partial charge in [-0.2, -0.15) is 0 Å². The zero-order valence-electron chi connectivity index (χ0n) is 19.8. The van der Waals surface area contributed by atoms with Crippen LogP contribution in [0.3, 0.4) is 0 Å². The van der Waals surface area contributed by atoms with Crippen LogP contribution in [0.5, 0.6) is 0 Å². The van der Waals surface area contributed by atoms with Gasteiger partial charge in [0.05, 0.1) is 10.0 Å². The maximum absolute atomic E-state index is 13.4. The van der Waals surface area contributed by atoms with Gasteiger partial charge in [0.15, 0.2) is 0 Å². The van der Waals surface area contributed by atoms with E-state index >= 15 is 0 Å². The van der Waals surface area contributed by atoms with Crippen LogP contribution >= 0.6 is 23.2 Å². The Balaban J connectivity index is 1.32. The van der Waals surface area contributed by atoms with Gasteiger partial charge in [-0.15, -0.1) is 0 Å². The second-order valence-corrected chi connectivity index (χ2v) is 9.71. The summed E-state index contributed by atoms with van der Waals surface area (Å²) in [7, 11) is 0. The molecular weight excluding hydrogens is 505 g/mol. The Bertz CT molecular complexity index is 1100. The number of hydrogen-bond donors (Lipinski definition) is 2. The highest BCUT2D eigenvalue weighted by atomic mass is 35.5. The minimum atomic E-state index is -1.09. The molecule has 2 heterocycles. The second-order valence-electron chi connectivity index (χ2n) is 8.90. The van der Waals surface area contributed by atoms with E-state index in [9.17, 15) is 19.5 Å². The van der Waals surface area contributed by atoms with Crippen molar-refractivity contribution in [3.63, 3.8) is 0 Å². The van der Waals surface area contributed by atoms with E-state index < -0.39 is 12.1 Å². The fourth-order valence-electron chi connectivity index (χ4n) is 4.53. The van der Waals surface area contributed by atoms with Crippen molar-refractivity contribution in [3.8, 4) is 0 Å². The van der Waals surface area contributed by atoms with Crippen molar-refractivity contribution in [1.82, 2.24) is 19.6 Å². The first-order chi connectivity index (χ1) is 17.3. The minimum absolute atomic E-state index is 0.216. The molecule has 0 aliphatic carbocycles. The second kappa shape index (κ2) is 11.8. The summed E-state index contributed by atoms with van der Waals surface area (Å²) < 4.78 is 0. The molecule has 2 N–H and O–H groups in total. The Hall–Kier alpha value is -3.01. The van der Waals surface area contributed by atoms with Crippen LogP contribution in [0.2, 0.25) is 10.0 Å². The lowest BCUT2D eigenvalue weighted by molar-refractivity contribution is -0.140. The van der Waals surface area contributed by atoms with E-state index in [0.29, 0.717) is 55.0 Å². The van der Waals surface area contributed by atoms with E-state index in [-0.39, 0.29) is 18.5 Å². The molecule has 36 heavy (non-hydrogen) atoms. The Morgan fingerprint density at radius 3 is 2.25 bits per heavy atom. The molecule has 4 amide bonds. The van der Waals surface area contributed by atoms with E-state index in [1.165, 1.54) is 10.5 Å². The van der Waals surface area contributed by atoms with Gasteiger partial charge in [0.1, 0.15) is 6.04 Å². The summed E-state index contributed by atoms with van der Waals surface area (Å²) in [5.74, 6) is -0.216. The number of carboxylic acid groups (broad SMARTS) is 1. The largest absolute Gasteiger partial charge is 0.465 e. The van der Waals surface area contributed by atoms with Gasteiger partial charge < -0.3 is 20.2 Å². The van der Waals surface area contributed by atoms with Crippen molar-refractivity contribution < 1.29 is 19.5 Å². The van der Waals surface area contributed by atoms with Crippen LogP contribution in [0.25, 0.3) is 0 Å². The van der Waals surface area contributed by atoms with Crippen LogP contribution in [0.1, 0.15) is 5.56 Å². The monoisotopic (exact) mass is 533 g/mol. The molecule has 9 nitrogen and oxygen atoms in total. The van der Waals surface area contributed by atoms with Gasteiger partial charge in [0.25, 0.3) is 0 Å². The number of amides is 4. The molecule has 2 aliphatic heterocycles. The highest BCUT2D eigenvalue weighted by molar-refractivity contribution is 6.42. The quantitative estimate of drug-likeness (QED) is 0.612. The summed E-state index contributed by atoms with van der Waals surface area (Å²) in [6, 6.07) is 13.9. The van der Waals surface area contributed by atoms with Crippen molar-refractivity contribution in [2.24, 2.45) is 0 Å². The predicted octanol–water partition coefficient (Wildman–Crippen LogP) is 3.58. The molecule has 2 aromatic rings. The number of urea groups is 1. The standard InChI is InChI=1S/C25H29Cl2N5O4/c26-20-7-6-19(16-21(20)27)28-24(34)31-13-11-30(12-14-31)23(33)22-17-29(10-15-32(22)25(35)36)9-8-18-4-2-1-3-5-18/h1-7,16,22H,8-15,17H2,(H,28,34)(H,35,36). The van der Waals surface area contributed by atoms with Gasteiger partial charge in [-0.3, -0.25) is 14.6 Å². The average Bonchev–Trinajstić information content (AvgIpc) is 2.89. The lowest BCUT2D eigenvalue weighted by atomic mass is 10.1. The molecule has 0 spiro atoms. The van der Waals surface area contributed by atoms with Crippen molar-refractivity contribution >= 4 is 46.9 Å². The van der Waals surface area contributed by atoms with E-state index in [1.54, 1.807) is 28.0 Å². The minimum Gasteiger partial charge on any atom is -0.465 e. The van der Waals surface area contributed by atoms with Crippen LogP contribution in [0.15, 0.2) is 48.5 Å². The van der Waals surface area contributed by atoms with E-state index in [2.05, 4.69) is 22.3 Å². The SMILES string of the molecule is O=C(Nc1ccc(Cl)c(Cl)c1)N1CCN(C(=O)C2CN(CCc3ccccc3)CCN2C(=O)O)CC1. The number of rotatable bonds is 5. The molecule has 1 unspecified atom stereocenters. The number of hydrogen-bond acceptors (Lipinski definition) is 4. The summed E-state index contributed by atoms with van der Waals surface area (Å²) in [5, 5.41) is 13.2. The fourth-order valence-corrected chi connectivity index (χ4v) is 4.83. The lowest BCUT2D eigenvalue weighted by Crippen LogP contribution is -2.63. The summed E-state index contributed by atoms with van der Waals surface area (Å²) >= 11 is 11.9. The maximum Gasteiger partial charge on any atom is 0.408 e. The van der Waals surface area contributed by atoms with Crippen LogP contribution in [0.4, 0.5) is 15.3 Å². The third-order valence-corrected chi connectivity index (χ3v) is 7.34. The third-order valence-electron chi connectivity index (χ3n) is 6.60. The van der Waals surface area contributed by atoms with Crippen LogP contribution < -0.4 is 5.32 Å². The molecular formula is C25H29Cl2N5O4. The van der Waals surface area contributed by atoms with Crippen molar-refractivity contribution in [2.45, 2.75) is 12.5 Å². The number of carbonyl (C=O) groups excluding carboxylic acids is 2. The smallest absolute Gasteiger partial charge is 0.408 e. The Kier molecular flexibility index (Phi) is 8.56. The summed E-state index contributed by atoms with van der Waals surface area (Å²) in [5.41, 5.74) is 1.74. The van der Waals surface area contributed by atoms with E-state index in [0.717, 1.165) is 13.0 Å². The van der Waals surface area contributed by atoms with E-state index in [4.69, 9.17) is 23.2 Å². The number of halogens is 2. The third kappa shape index (κ3) is 6.40. The molecule has 1 atom stereocenters. The van der Waals surface area contributed by atoms with Crippen LogP contribution in [0, 0.1) is 0 Å². The first-order valence-corrected chi connectivity index (χ1v) is 12.6. The summed E-state index contributed by atoms with van der Waals surface area (Å²) in [4.78, 5) is 44.6. The molecule has 2 aromatic carbocycles. The molecule has 11 heteroatoms. The number of nitrogens with one attached hydrogen (secondary N) is 1. The number of benzene rings is 2. The van der Waals surface area contributed by atoms with Gasteiger partial charge in [-0.05, 0) is 30.2 Å². The molecule has 0 bridgehead atoms. The van der Waals surface area contributed by atoms with Crippen molar-refractivity contribution in [2.75, 3.05) is 57.7 Å². The van der Waals surface area contributed by atoms with Gasteiger partial charge in [-0.25, -0.2) is 9.59 Å². The molecule has 4 rings (SSSR count). The Labute approximate surface area is 220 Å². The normalized spacial score (nSPS) is 18.7. The van der Waals surface area contributed by atoms with Gasteiger partial charge in [0, 0.05) is 58.0 Å². The molecule has 2 aliphatic rings. The average molecular weight is 534 g/mol. The topological polar surface area (TPSA) is 96.4 Å². The molecule has 0 aromatic heterocycles. The molecule has 192 valence electrons. The molecule has 2 saturated heterocycles. The van der Waals surface area contributed by atoms with Gasteiger partial charge >= 0.3 is 12.1 Å². The Morgan fingerprint density at radius 2 is 1.58 bits per heavy atom. The van der Waals surface area contributed by atoms with Crippen LogP contribution in [-0.4, -0.2) is 101 Å². The van der Waals surface area contributed by atoms with Crippen LogP contribution in [-0.2, 0) is 11.2 Å². The fraction of sp³-hybridized carbons (Fsp3) is 0.400. The predicted molar refractivity (Wildman–Crippen MR) is 139 cm³/mol. The zero-order chi connectivity index (χ0) is 25.7. The maximum atomic E-state index is 13.4. The summed E-state index contributed by atoms with van der Waals surface area (Å²) in [6.45, 7) is 3.34. The van der Waals surface area contributed by atoms with Crippen molar-refractivity contribution in [1.29, 1.82) is 0 Å². The number of piperazine rings is 2. The number of nitrogens with zero attached hydrogens (tertiary/aromatic N) is 4. The first-order valence-electron chi connectivity index (χ1n) is 11.9. The zero-order valence-corrected chi connectivity index (χ0v) is 21.3. The van der Waals surface area contributed by atoms with E-state index in [1.807, 2.05) is 18.2 Å². The summed E-state index contributed by atoms with van der Waals surface area (Å²) in [6.07, 6.45) is -0.253. The molecule has 2 fully saturated rings. The van der Waals surface area contributed by atoms with Gasteiger partial charge in [0.2, 0.25) is 5.91 Å². The van der Waals surface area contributed by atoms with Crippen molar-refractivity contribution in [3.05, 3.63) is 64.1 Å².